The van der Waals surface area contributed by atoms with Crippen LogP contribution in [-0.4, -0.2) is 87.6 Å². The van der Waals surface area contributed by atoms with Crippen LogP contribution in [0.1, 0.15) is 25.7 Å². The Labute approximate surface area is 176 Å². The zero-order chi connectivity index (χ0) is 23.3. The molecule has 0 fully saturated rings. The SMILES string of the molecule is CSCCC(NC(=O)C(CC(=O)O)NC(=O)C(N)CCC(=O)O)C(=O)NCC(=O)O. The van der Waals surface area contributed by atoms with E-state index in [0.29, 0.717) is 5.75 Å². The Balaban J connectivity index is 5.19. The number of aliphatic carboxylic acids is 3. The van der Waals surface area contributed by atoms with E-state index in [1.54, 1.807) is 6.26 Å². The molecule has 0 spiro atoms. The van der Waals surface area contributed by atoms with Gasteiger partial charge in [-0.3, -0.25) is 28.8 Å². The number of hydrogen-bond acceptors (Lipinski definition) is 8. The molecule has 3 amide bonds. The normalized spacial score (nSPS) is 13.4. The van der Waals surface area contributed by atoms with Gasteiger partial charge in [0, 0.05) is 6.42 Å². The van der Waals surface area contributed by atoms with Crippen molar-refractivity contribution in [2.75, 3.05) is 18.6 Å². The molecule has 0 aliphatic carbocycles. The fourth-order valence-electron chi connectivity index (χ4n) is 2.14. The second kappa shape index (κ2) is 14.2. The summed E-state index contributed by atoms with van der Waals surface area (Å²) in [4.78, 5) is 68.9. The van der Waals surface area contributed by atoms with Gasteiger partial charge in [-0.25, -0.2) is 0 Å². The van der Waals surface area contributed by atoms with Gasteiger partial charge in [0.2, 0.25) is 17.7 Å². The maximum atomic E-state index is 12.5. The van der Waals surface area contributed by atoms with Gasteiger partial charge < -0.3 is 37.0 Å². The van der Waals surface area contributed by atoms with Crippen molar-refractivity contribution in [1.82, 2.24) is 16.0 Å². The Morgan fingerprint density at radius 2 is 1.43 bits per heavy atom. The largest absolute Gasteiger partial charge is 0.481 e. The molecule has 0 radical (unpaired) electrons. The Morgan fingerprint density at radius 1 is 0.833 bits per heavy atom. The summed E-state index contributed by atoms with van der Waals surface area (Å²) in [5, 5.41) is 32.8. The van der Waals surface area contributed by atoms with Gasteiger partial charge in [-0.15, -0.1) is 0 Å². The third kappa shape index (κ3) is 11.9. The fraction of sp³-hybridized carbons (Fsp3) is 0.625. The van der Waals surface area contributed by atoms with Crippen LogP contribution in [-0.2, 0) is 28.8 Å². The second-order valence-electron chi connectivity index (χ2n) is 6.15. The molecule has 3 atom stereocenters. The summed E-state index contributed by atoms with van der Waals surface area (Å²) < 4.78 is 0. The van der Waals surface area contributed by atoms with Crippen LogP contribution in [0, 0.1) is 0 Å². The smallest absolute Gasteiger partial charge is 0.322 e. The molecule has 0 aliphatic heterocycles. The van der Waals surface area contributed by atoms with E-state index in [0.717, 1.165) is 0 Å². The average molecular weight is 450 g/mol. The molecule has 0 heterocycles. The highest BCUT2D eigenvalue weighted by Crippen LogP contribution is 2.04. The number of carbonyl (C=O) groups excluding carboxylic acids is 3. The Hall–Kier alpha value is -2.87. The van der Waals surface area contributed by atoms with Gasteiger partial charge in [0.25, 0.3) is 0 Å². The van der Waals surface area contributed by atoms with Crippen LogP contribution >= 0.6 is 11.8 Å². The molecule has 3 unspecified atom stereocenters. The zero-order valence-corrected chi connectivity index (χ0v) is 17.1. The van der Waals surface area contributed by atoms with Crippen LogP contribution in [0.25, 0.3) is 0 Å². The van der Waals surface area contributed by atoms with E-state index in [9.17, 15) is 28.8 Å². The molecule has 0 saturated heterocycles. The molecular weight excluding hydrogens is 424 g/mol. The van der Waals surface area contributed by atoms with Crippen LogP contribution in [0.15, 0.2) is 0 Å². The highest BCUT2D eigenvalue weighted by Gasteiger charge is 2.29. The molecule has 0 aromatic rings. The minimum Gasteiger partial charge on any atom is -0.481 e. The van der Waals surface area contributed by atoms with Gasteiger partial charge in [-0.05, 0) is 24.9 Å². The van der Waals surface area contributed by atoms with E-state index in [1.807, 2.05) is 0 Å². The van der Waals surface area contributed by atoms with E-state index in [1.165, 1.54) is 11.8 Å². The first-order chi connectivity index (χ1) is 14.0. The highest BCUT2D eigenvalue weighted by atomic mass is 32.2. The van der Waals surface area contributed by atoms with Crippen molar-refractivity contribution >= 4 is 47.4 Å². The predicted octanol–water partition coefficient (Wildman–Crippen LogP) is -2.42. The summed E-state index contributed by atoms with van der Waals surface area (Å²) in [7, 11) is 0. The molecular formula is C16H26N4O9S. The first kappa shape index (κ1) is 27.1. The van der Waals surface area contributed by atoms with Crippen molar-refractivity contribution in [1.29, 1.82) is 0 Å². The standard InChI is InChI=1S/C16H26N4O9S/c1-30-5-4-9(15(28)18-7-13(25)26)19-16(29)10(6-12(23)24)20-14(27)8(17)2-3-11(21)22/h8-10H,2-7,17H2,1H3,(H,18,28)(H,19,29)(H,20,27)(H,21,22)(H,23,24)(H,25,26). The molecule has 8 N–H and O–H groups in total. The molecule has 0 aromatic carbocycles. The number of carboxylic acids is 3. The molecule has 14 heteroatoms. The lowest BCUT2D eigenvalue weighted by molar-refractivity contribution is -0.141. The minimum absolute atomic E-state index is 0.129. The number of carboxylic acid groups (broad SMARTS) is 3. The topological polar surface area (TPSA) is 225 Å². The van der Waals surface area contributed by atoms with Gasteiger partial charge in [0.05, 0.1) is 12.5 Å². The summed E-state index contributed by atoms with van der Waals surface area (Å²) in [6.45, 7) is -0.668. The summed E-state index contributed by atoms with van der Waals surface area (Å²) in [5.41, 5.74) is 5.55. The number of nitrogens with one attached hydrogen (secondary N) is 3. The zero-order valence-electron chi connectivity index (χ0n) is 16.3. The lowest BCUT2D eigenvalue weighted by Gasteiger charge is -2.23. The molecule has 0 aliphatic rings. The lowest BCUT2D eigenvalue weighted by atomic mass is 10.1. The van der Waals surface area contributed by atoms with Gasteiger partial charge in [-0.1, -0.05) is 0 Å². The Bertz CT molecular complexity index is 659. The fourth-order valence-corrected chi connectivity index (χ4v) is 2.61. The summed E-state index contributed by atoms with van der Waals surface area (Å²) in [6, 6.07) is -4.01. The third-order valence-corrected chi connectivity index (χ3v) is 4.32. The maximum absolute atomic E-state index is 12.5. The van der Waals surface area contributed by atoms with Crippen LogP contribution in [0.3, 0.4) is 0 Å². The predicted molar refractivity (Wildman–Crippen MR) is 105 cm³/mol. The first-order valence-corrected chi connectivity index (χ1v) is 10.2. The van der Waals surface area contributed by atoms with Crippen molar-refractivity contribution in [3.05, 3.63) is 0 Å². The van der Waals surface area contributed by atoms with Crippen molar-refractivity contribution in [3.63, 3.8) is 0 Å². The lowest BCUT2D eigenvalue weighted by Crippen LogP contribution is -2.56. The second-order valence-corrected chi connectivity index (χ2v) is 7.14. The van der Waals surface area contributed by atoms with Crippen LogP contribution in [0.2, 0.25) is 0 Å². The van der Waals surface area contributed by atoms with E-state index in [4.69, 9.17) is 21.1 Å². The first-order valence-electron chi connectivity index (χ1n) is 8.76. The molecule has 0 aromatic heterocycles. The summed E-state index contributed by atoms with van der Waals surface area (Å²) in [6.07, 6.45) is 0.445. The molecule has 0 bridgehead atoms. The van der Waals surface area contributed by atoms with Gasteiger partial charge in [0.1, 0.15) is 18.6 Å². The number of amides is 3. The van der Waals surface area contributed by atoms with Crippen LogP contribution < -0.4 is 21.7 Å². The summed E-state index contributed by atoms with van der Waals surface area (Å²) >= 11 is 1.36. The van der Waals surface area contributed by atoms with Crippen molar-refractivity contribution in [3.8, 4) is 0 Å². The van der Waals surface area contributed by atoms with Crippen molar-refractivity contribution in [2.24, 2.45) is 5.73 Å². The van der Waals surface area contributed by atoms with Crippen LogP contribution in [0.5, 0.6) is 0 Å². The molecule has 30 heavy (non-hydrogen) atoms. The molecule has 0 rings (SSSR count). The van der Waals surface area contributed by atoms with E-state index in [-0.39, 0.29) is 12.8 Å². The van der Waals surface area contributed by atoms with E-state index < -0.39 is 73.1 Å². The van der Waals surface area contributed by atoms with Crippen molar-refractivity contribution < 1.29 is 44.1 Å². The minimum atomic E-state index is -1.57. The Morgan fingerprint density at radius 3 is 1.93 bits per heavy atom. The molecule has 170 valence electrons. The highest BCUT2D eigenvalue weighted by molar-refractivity contribution is 7.98. The number of rotatable bonds is 15. The maximum Gasteiger partial charge on any atom is 0.322 e. The van der Waals surface area contributed by atoms with E-state index in [2.05, 4.69) is 16.0 Å². The van der Waals surface area contributed by atoms with Crippen LogP contribution in [0.4, 0.5) is 0 Å². The number of carbonyl (C=O) groups is 6. The summed E-state index contributed by atoms with van der Waals surface area (Å²) in [5.74, 6) is -6.13. The number of hydrogen-bond donors (Lipinski definition) is 7. The monoisotopic (exact) mass is 450 g/mol. The van der Waals surface area contributed by atoms with Gasteiger partial charge in [0.15, 0.2) is 0 Å². The average Bonchev–Trinajstić information content (AvgIpc) is 2.65. The number of nitrogens with two attached hydrogens (primary N) is 1. The van der Waals surface area contributed by atoms with E-state index >= 15 is 0 Å². The third-order valence-electron chi connectivity index (χ3n) is 3.68. The van der Waals surface area contributed by atoms with Crippen molar-refractivity contribution in [2.45, 2.75) is 43.8 Å². The quantitative estimate of drug-likeness (QED) is 0.139. The van der Waals surface area contributed by atoms with Gasteiger partial charge in [-0.2, -0.15) is 11.8 Å². The molecule has 0 saturated carbocycles. The Kier molecular flexibility index (Phi) is 12.8. The number of thioether (sulfide) groups is 1. The molecule has 13 nitrogen and oxygen atoms in total. The van der Waals surface area contributed by atoms with Gasteiger partial charge >= 0.3 is 17.9 Å².